The third kappa shape index (κ3) is 4.77. The SMILES string of the molecule is COc1cc(-c2cc3c(nc2-c2ccccc2Cl)OC2(CCCCC2)CC3NC(=O)CO)ccc1Cl. The molecule has 0 bridgehead atoms. The van der Waals surface area contributed by atoms with Crippen LogP contribution in [0, 0.1) is 0 Å². The van der Waals surface area contributed by atoms with Crippen molar-refractivity contribution in [2.24, 2.45) is 0 Å². The lowest BCUT2D eigenvalue weighted by molar-refractivity contribution is -0.125. The smallest absolute Gasteiger partial charge is 0.246 e. The molecule has 36 heavy (non-hydrogen) atoms. The van der Waals surface area contributed by atoms with Gasteiger partial charge in [-0.1, -0.05) is 53.9 Å². The maximum atomic E-state index is 12.3. The number of hydrogen-bond acceptors (Lipinski definition) is 5. The number of nitrogens with zero attached hydrogens (tertiary/aromatic N) is 1. The molecule has 1 saturated carbocycles. The minimum absolute atomic E-state index is 0.341. The molecule has 1 aromatic heterocycles. The minimum Gasteiger partial charge on any atom is -0.495 e. The number of halogens is 2. The first-order chi connectivity index (χ1) is 17.4. The van der Waals surface area contributed by atoms with Gasteiger partial charge in [-0.15, -0.1) is 0 Å². The molecule has 1 aliphatic carbocycles. The summed E-state index contributed by atoms with van der Waals surface area (Å²) in [6.07, 6.45) is 5.73. The highest BCUT2D eigenvalue weighted by molar-refractivity contribution is 6.33. The number of amides is 1. The quantitative estimate of drug-likeness (QED) is 0.403. The highest BCUT2D eigenvalue weighted by Gasteiger charge is 2.43. The van der Waals surface area contributed by atoms with Crippen LogP contribution in [-0.2, 0) is 4.79 Å². The molecule has 1 atom stereocenters. The summed E-state index contributed by atoms with van der Waals surface area (Å²) in [5.41, 5.74) is 3.47. The minimum atomic E-state index is -0.577. The van der Waals surface area contributed by atoms with Crippen molar-refractivity contribution in [1.82, 2.24) is 10.3 Å². The van der Waals surface area contributed by atoms with Crippen molar-refractivity contribution in [3.63, 3.8) is 0 Å². The van der Waals surface area contributed by atoms with Gasteiger partial charge in [0.15, 0.2) is 0 Å². The second kappa shape index (κ2) is 10.3. The Hall–Kier alpha value is -2.80. The first-order valence-electron chi connectivity index (χ1n) is 12.2. The third-order valence-corrected chi connectivity index (χ3v) is 7.76. The van der Waals surface area contributed by atoms with Crippen molar-refractivity contribution in [3.8, 4) is 34.0 Å². The van der Waals surface area contributed by atoms with E-state index in [0.29, 0.717) is 33.8 Å². The molecular weight excluding hydrogens is 499 g/mol. The normalized spacial score (nSPS) is 18.3. The Bertz CT molecular complexity index is 1290. The zero-order valence-electron chi connectivity index (χ0n) is 20.0. The number of aliphatic hydroxyl groups excluding tert-OH is 1. The lowest BCUT2D eigenvalue weighted by atomic mass is 9.77. The van der Waals surface area contributed by atoms with E-state index in [4.69, 9.17) is 37.7 Å². The monoisotopic (exact) mass is 526 g/mol. The topological polar surface area (TPSA) is 80.7 Å². The largest absolute Gasteiger partial charge is 0.495 e. The Balaban J connectivity index is 1.72. The van der Waals surface area contributed by atoms with Crippen LogP contribution in [0.15, 0.2) is 48.5 Å². The van der Waals surface area contributed by atoms with Crippen LogP contribution >= 0.6 is 23.2 Å². The van der Waals surface area contributed by atoms with E-state index in [0.717, 1.165) is 47.9 Å². The molecule has 188 valence electrons. The number of carbonyl (C=O) groups excluding carboxylic acids is 1. The zero-order valence-corrected chi connectivity index (χ0v) is 21.5. The van der Waals surface area contributed by atoms with E-state index in [9.17, 15) is 9.90 Å². The molecule has 0 saturated heterocycles. The van der Waals surface area contributed by atoms with Crippen LogP contribution in [0.1, 0.15) is 50.1 Å². The van der Waals surface area contributed by atoms with Gasteiger partial charge in [0.2, 0.25) is 11.8 Å². The summed E-state index contributed by atoms with van der Waals surface area (Å²) in [5.74, 6) is 0.606. The molecule has 2 aliphatic rings. The predicted molar refractivity (Wildman–Crippen MR) is 141 cm³/mol. The maximum absolute atomic E-state index is 12.3. The number of fused-ring (bicyclic) bond motifs is 1. The lowest BCUT2D eigenvalue weighted by Gasteiger charge is -2.44. The molecule has 2 N–H and O–H groups in total. The van der Waals surface area contributed by atoms with E-state index in [2.05, 4.69) is 5.32 Å². The summed E-state index contributed by atoms with van der Waals surface area (Å²) < 4.78 is 12.1. The van der Waals surface area contributed by atoms with Gasteiger partial charge in [-0.3, -0.25) is 4.79 Å². The van der Waals surface area contributed by atoms with Gasteiger partial charge in [0.05, 0.1) is 23.9 Å². The average molecular weight is 527 g/mol. The Morgan fingerprint density at radius 3 is 2.61 bits per heavy atom. The fraction of sp³-hybridized carbons (Fsp3) is 0.357. The number of methoxy groups -OCH3 is 1. The van der Waals surface area contributed by atoms with Gasteiger partial charge in [-0.2, -0.15) is 0 Å². The fourth-order valence-electron chi connectivity index (χ4n) is 5.35. The van der Waals surface area contributed by atoms with E-state index >= 15 is 0 Å². The summed E-state index contributed by atoms with van der Waals surface area (Å²) in [6.45, 7) is -0.577. The Labute approximate surface area is 220 Å². The van der Waals surface area contributed by atoms with Gasteiger partial charge in [0, 0.05) is 28.1 Å². The number of ether oxygens (including phenoxy) is 2. The number of aromatic nitrogens is 1. The van der Waals surface area contributed by atoms with Gasteiger partial charge in [-0.05, 0) is 55.5 Å². The number of hydrogen-bond donors (Lipinski definition) is 2. The van der Waals surface area contributed by atoms with Crippen molar-refractivity contribution in [2.45, 2.75) is 50.2 Å². The maximum Gasteiger partial charge on any atom is 0.246 e. The van der Waals surface area contributed by atoms with Gasteiger partial charge >= 0.3 is 0 Å². The van der Waals surface area contributed by atoms with Crippen molar-refractivity contribution >= 4 is 29.1 Å². The first-order valence-corrected chi connectivity index (χ1v) is 12.9. The molecule has 6 nitrogen and oxygen atoms in total. The summed E-state index contributed by atoms with van der Waals surface area (Å²) in [4.78, 5) is 17.3. The van der Waals surface area contributed by atoms with Crippen LogP contribution in [0.5, 0.6) is 11.6 Å². The molecule has 2 heterocycles. The molecule has 0 radical (unpaired) electrons. The Kier molecular flexibility index (Phi) is 7.11. The molecule has 5 rings (SSSR count). The molecule has 8 heteroatoms. The molecule has 1 spiro atoms. The van der Waals surface area contributed by atoms with Crippen LogP contribution in [0.2, 0.25) is 10.0 Å². The summed E-state index contributed by atoms with van der Waals surface area (Å²) in [5, 5.41) is 13.5. The molecule has 3 aromatic rings. The van der Waals surface area contributed by atoms with Crippen LogP contribution in [0.4, 0.5) is 0 Å². The predicted octanol–water partition coefficient (Wildman–Crippen LogP) is 6.37. The zero-order chi connectivity index (χ0) is 25.3. The average Bonchev–Trinajstić information content (AvgIpc) is 2.89. The highest BCUT2D eigenvalue weighted by atomic mass is 35.5. The number of benzene rings is 2. The number of carbonyl (C=O) groups is 1. The Morgan fingerprint density at radius 2 is 1.89 bits per heavy atom. The highest BCUT2D eigenvalue weighted by Crippen LogP contribution is 2.48. The lowest BCUT2D eigenvalue weighted by Crippen LogP contribution is -2.47. The van der Waals surface area contributed by atoms with Crippen LogP contribution in [0.3, 0.4) is 0 Å². The van der Waals surface area contributed by atoms with Crippen molar-refractivity contribution in [1.29, 1.82) is 0 Å². The van der Waals surface area contributed by atoms with E-state index in [1.165, 1.54) is 6.42 Å². The van der Waals surface area contributed by atoms with E-state index in [-0.39, 0.29) is 6.04 Å². The van der Waals surface area contributed by atoms with E-state index < -0.39 is 18.1 Å². The van der Waals surface area contributed by atoms with Crippen LogP contribution in [-0.4, -0.2) is 35.3 Å². The second-order valence-corrected chi connectivity index (χ2v) is 10.3. The molecule has 2 aromatic carbocycles. The molecule has 1 amide bonds. The number of pyridine rings is 1. The standard InChI is InChI=1S/C28H28Cl2N2O4/c1-35-24-13-17(9-10-22(24)30)19-14-20-23(31-25(34)16-33)15-28(11-5-2-6-12-28)36-27(20)32-26(19)18-7-3-4-8-21(18)29/h3-4,7-10,13-14,23,33H,2,5-6,11-12,15-16H2,1H3,(H,31,34). The third-order valence-electron chi connectivity index (χ3n) is 7.11. The molecule has 1 fully saturated rings. The van der Waals surface area contributed by atoms with Gasteiger partial charge in [0.25, 0.3) is 0 Å². The summed E-state index contributed by atoms with van der Waals surface area (Å²) >= 11 is 12.9. The van der Waals surface area contributed by atoms with Crippen LogP contribution in [0.25, 0.3) is 22.4 Å². The first kappa shape index (κ1) is 24.9. The van der Waals surface area contributed by atoms with E-state index in [1.54, 1.807) is 13.2 Å². The molecule has 1 unspecified atom stereocenters. The Morgan fingerprint density at radius 1 is 1.11 bits per heavy atom. The number of aliphatic hydroxyl groups is 1. The van der Waals surface area contributed by atoms with Crippen molar-refractivity contribution in [3.05, 3.63) is 64.1 Å². The summed E-state index contributed by atoms with van der Waals surface area (Å²) in [6, 6.07) is 14.8. The van der Waals surface area contributed by atoms with E-state index in [1.807, 2.05) is 42.5 Å². The molecule has 1 aliphatic heterocycles. The molecular formula is C28H28Cl2N2O4. The van der Waals surface area contributed by atoms with Crippen molar-refractivity contribution in [2.75, 3.05) is 13.7 Å². The van der Waals surface area contributed by atoms with Gasteiger partial charge < -0.3 is 19.9 Å². The second-order valence-electron chi connectivity index (χ2n) is 9.44. The van der Waals surface area contributed by atoms with Crippen LogP contribution < -0.4 is 14.8 Å². The van der Waals surface area contributed by atoms with Gasteiger partial charge in [-0.25, -0.2) is 4.98 Å². The summed E-state index contributed by atoms with van der Waals surface area (Å²) in [7, 11) is 1.57. The number of nitrogens with one attached hydrogen (secondary N) is 1. The number of rotatable bonds is 5. The van der Waals surface area contributed by atoms with Crippen molar-refractivity contribution < 1.29 is 19.4 Å². The van der Waals surface area contributed by atoms with Gasteiger partial charge in [0.1, 0.15) is 18.0 Å². The fourth-order valence-corrected chi connectivity index (χ4v) is 5.77.